The van der Waals surface area contributed by atoms with Crippen molar-refractivity contribution in [3.05, 3.63) is 77.6 Å². The number of carbonyl (C=O) groups is 2. The van der Waals surface area contributed by atoms with Crippen LogP contribution in [-0.4, -0.2) is 11.8 Å². The molecular weight excluding hydrogens is 343 g/mol. The number of rotatable bonds is 5. The highest BCUT2D eigenvalue weighted by atomic mass is 19.1. The van der Waals surface area contributed by atoms with Crippen LogP contribution in [0.1, 0.15) is 28.8 Å². The average Bonchev–Trinajstić information content (AvgIpc) is 3.52. The zero-order chi connectivity index (χ0) is 18.8. The highest BCUT2D eigenvalue weighted by Gasteiger charge is 2.30. The quantitative estimate of drug-likeness (QED) is 0.713. The molecule has 1 fully saturated rings. The first-order chi connectivity index (χ1) is 13.1. The first-order valence-corrected chi connectivity index (χ1v) is 8.96. The second kappa shape index (κ2) is 7.19. The first-order valence-electron chi connectivity index (χ1n) is 8.96. The average molecular weight is 362 g/mol. The Labute approximate surface area is 156 Å². The van der Waals surface area contributed by atoms with E-state index in [0.717, 1.165) is 29.2 Å². The topological polar surface area (TPSA) is 58.2 Å². The molecule has 0 saturated heterocycles. The fourth-order valence-corrected chi connectivity index (χ4v) is 2.99. The molecule has 3 aromatic rings. The predicted octanol–water partition coefficient (Wildman–Crippen LogP) is 4.26. The molecule has 5 heteroatoms. The van der Waals surface area contributed by atoms with Crippen molar-refractivity contribution in [1.82, 2.24) is 5.32 Å². The number of amides is 2. The van der Waals surface area contributed by atoms with E-state index in [9.17, 15) is 14.0 Å². The van der Waals surface area contributed by atoms with Crippen LogP contribution in [0.2, 0.25) is 0 Å². The van der Waals surface area contributed by atoms with Gasteiger partial charge in [0.05, 0.1) is 11.3 Å². The van der Waals surface area contributed by atoms with E-state index >= 15 is 0 Å². The molecule has 2 amide bonds. The Hall–Kier alpha value is -3.21. The lowest BCUT2D eigenvalue weighted by Gasteiger charge is -2.13. The minimum atomic E-state index is -0.315. The van der Waals surface area contributed by atoms with Crippen LogP contribution in [0.25, 0.3) is 10.8 Å². The van der Waals surface area contributed by atoms with Gasteiger partial charge in [-0.05, 0) is 53.4 Å². The van der Waals surface area contributed by atoms with E-state index in [0.29, 0.717) is 11.3 Å². The Bertz CT molecular complexity index is 1010. The Morgan fingerprint density at radius 2 is 1.63 bits per heavy atom. The zero-order valence-corrected chi connectivity index (χ0v) is 14.7. The number of hydrogen-bond donors (Lipinski definition) is 2. The van der Waals surface area contributed by atoms with Crippen LogP contribution in [-0.2, 0) is 11.3 Å². The molecule has 0 bridgehead atoms. The fraction of sp³-hybridized carbons (Fsp3) is 0.182. The molecule has 0 aliphatic heterocycles. The van der Waals surface area contributed by atoms with Gasteiger partial charge in [-0.3, -0.25) is 9.59 Å². The Morgan fingerprint density at radius 1 is 0.963 bits per heavy atom. The molecule has 0 atom stereocenters. The van der Waals surface area contributed by atoms with Gasteiger partial charge >= 0.3 is 0 Å². The van der Waals surface area contributed by atoms with Crippen LogP contribution >= 0.6 is 0 Å². The summed E-state index contributed by atoms with van der Waals surface area (Å²) in [5, 5.41) is 7.63. The minimum Gasteiger partial charge on any atom is -0.348 e. The van der Waals surface area contributed by atoms with Crippen LogP contribution in [0.15, 0.2) is 60.7 Å². The van der Waals surface area contributed by atoms with Crippen LogP contribution in [0, 0.1) is 11.7 Å². The van der Waals surface area contributed by atoms with E-state index < -0.39 is 0 Å². The molecule has 3 aromatic carbocycles. The first kappa shape index (κ1) is 17.2. The molecule has 4 nitrogen and oxygen atoms in total. The molecule has 0 spiro atoms. The van der Waals surface area contributed by atoms with Crippen molar-refractivity contribution < 1.29 is 14.0 Å². The number of nitrogens with one attached hydrogen (secondary N) is 2. The monoisotopic (exact) mass is 362 g/mol. The lowest BCUT2D eigenvalue weighted by molar-refractivity contribution is -0.117. The van der Waals surface area contributed by atoms with Crippen LogP contribution in [0.3, 0.4) is 0 Å². The Morgan fingerprint density at radius 3 is 2.30 bits per heavy atom. The van der Waals surface area contributed by atoms with Crippen molar-refractivity contribution in [1.29, 1.82) is 0 Å². The highest BCUT2D eigenvalue weighted by Crippen LogP contribution is 2.32. The van der Waals surface area contributed by atoms with Gasteiger partial charge in [-0.25, -0.2) is 4.39 Å². The molecule has 0 heterocycles. The van der Waals surface area contributed by atoms with Crippen molar-refractivity contribution >= 4 is 28.3 Å². The molecule has 136 valence electrons. The van der Waals surface area contributed by atoms with Crippen LogP contribution in [0.4, 0.5) is 10.1 Å². The number of fused-ring (bicyclic) bond motifs is 1. The molecule has 0 radical (unpaired) electrons. The largest absolute Gasteiger partial charge is 0.348 e. The molecule has 0 unspecified atom stereocenters. The maximum absolute atomic E-state index is 13.0. The zero-order valence-electron chi connectivity index (χ0n) is 14.7. The molecule has 4 rings (SSSR count). The summed E-state index contributed by atoms with van der Waals surface area (Å²) < 4.78 is 13.0. The van der Waals surface area contributed by atoms with Gasteiger partial charge in [0.15, 0.2) is 0 Å². The summed E-state index contributed by atoms with van der Waals surface area (Å²) in [5.74, 6) is -0.592. The smallest absolute Gasteiger partial charge is 0.253 e. The van der Waals surface area contributed by atoms with Gasteiger partial charge in [0.2, 0.25) is 5.91 Å². The molecule has 1 aliphatic rings. The molecule has 1 saturated carbocycles. The summed E-state index contributed by atoms with van der Waals surface area (Å²) in [4.78, 5) is 25.0. The third kappa shape index (κ3) is 3.97. The minimum absolute atomic E-state index is 0.0436. The number of hydrogen-bond acceptors (Lipinski definition) is 2. The predicted molar refractivity (Wildman–Crippen MR) is 103 cm³/mol. The maximum Gasteiger partial charge on any atom is 0.253 e. The van der Waals surface area contributed by atoms with Crippen molar-refractivity contribution in [2.45, 2.75) is 19.4 Å². The molecule has 27 heavy (non-hydrogen) atoms. The summed E-state index contributed by atoms with van der Waals surface area (Å²) in [6, 6.07) is 17.3. The van der Waals surface area contributed by atoms with E-state index in [1.807, 2.05) is 30.3 Å². The van der Waals surface area contributed by atoms with Gasteiger partial charge in [0.1, 0.15) is 5.82 Å². The van der Waals surface area contributed by atoms with Gasteiger partial charge in [-0.15, -0.1) is 0 Å². The van der Waals surface area contributed by atoms with Gasteiger partial charge in [0.25, 0.3) is 5.91 Å². The van der Waals surface area contributed by atoms with Gasteiger partial charge in [0, 0.05) is 12.5 Å². The normalized spacial score (nSPS) is 13.4. The van der Waals surface area contributed by atoms with Crippen LogP contribution in [0.5, 0.6) is 0 Å². The molecule has 2 N–H and O–H groups in total. The van der Waals surface area contributed by atoms with E-state index in [1.54, 1.807) is 18.2 Å². The van der Waals surface area contributed by atoms with Gasteiger partial charge < -0.3 is 10.6 Å². The second-order valence-electron chi connectivity index (χ2n) is 6.82. The Balaban J connectivity index is 1.60. The maximum atomic E-state index is 13.0. The summed E-state index contributed by atoms with van der Waals surface area (Å²) in [6.07, 6.45) is 1.79. The van der Waals surface area contributed by atoms with E-state index in [1.165, 1.54) is 12.1 Å². The lowest BCUT2D eigenvalue weighted by Crippen LogP contribution is -2.25. The van der Waals surface area contributed by atoms with E-state index in [4.69, 9.17) is 0 Å². The number of carbonyl (C=O) groups excluding carboxylic acids is 2. The standard InChI is InChI=1S/C22H19FN2O2/c23-18-9-5-14(6-10-18)13-24-22(27)19-11-16-3-1-2-4-17(16)12-20(19)25-21(26)15-7-8-15/h1-6,9-12,15H,7-8,13H2,(H,24,27)(H,25,26). The highest BCUT2D eigenvalue weighted by molar-refractivity contribution is 6.08. The van der Waals surface area contributed by atoms with Crippen LogP contribution < -0.4 is 10.6 Å². The van der Waals surface area contributed by atoms with Crippen molar-refractivity contribution in [3.63, 3.8) is 0 Å². The summed E-state index contributed by atoms with van der Waals surface area (Å²) >= 11 is 0. The van der Waals surface area contributed by atoms with Gasteiger partial charge in [-0.1, -0.05) is 36.4 Å². The molecular formula is C22H19FN2O2. The lowest BCUT2D eigenvalue weighted by atomic mass is 10.0. The molecule has 0 aromatic heterocycles. The number of benzene rings is 3. The molecule has 1 aliphatic carbocycles. The van der Waals surface area contributed by atoms with E-state index in [-0.39, 0.29) is 30.1 Å². The summed E-state index contributed by atoms with van der Waals surface area (Å²) in [6.45, 7) is 0.280. The van der Waals surface area contributed by atoms with Gasteiger partial charge in [-0.2, -0.15) is 0 Å². The SMILES string of the molecule is O=C(NCc1ccc(F)cc1)c1cc2ccccc2cc1NC(=O)C1CC1. The Kier molecular flexibility index (Phi) is 4.59. The van der Waals surface area contributed by atoms with Crippen molar-refractivity contribution in [2.24, 2.45) is 5.92 Å². The summed E-state index contributed by atoms with van der Waals surface area (Å²) in [7, 11) is 0. The van der Waals surface area contributed by atoms with Crippen molar-refractivity contribution in [3.8, 4) is 0 Å². The summed E-state index contributed by atoms with van der Waals surface area (Å²) in [5.41, 5.74) is 1.74. The van der Waals surface area contributed by atoms with Crippen molar-refractivity contribution in [2.75, 3.05) is 5.32 Å². The number of anilines is 1. The second-order valence-corrected chi connectivity index (χ2v) is 6.82. The third-order valence-corrected chi connectivity index (χ3v) is 4.70. The van der Waals surface area contributed by atoms with E-state index in [2.05, 4.69) is 10.6 Å². The third-order valence-electron chi connectivity index (χ3n) is 4.70. The number of halogens is 1. The fourth-order valence-electron chi connectivity index (χ4n) is 2.99.